The first-order chi connectivity index (χ1) is 26.4. The van der Waals surface area contributed by atoms with Crippen molar-refractivity contribution in [2.45, 2.75) is 52.1 Å². The Morgan fingerprint density at radius 1 is 0.909 bits per heavy atom. The lowest BCUT2D eigenvalue weighted by molar-refractivity contribution is 0.0951. The van der Waals surface area contributed by atoms with Gasteiger partial charge in [0, 0.05) is 39.7 Å². The van der Waals surface area contributed by atoms with Crippen LogP contribution in [0, 0.1) is 39.0 Å². The number of nitrogens with one attached hydrogen (secondary N) is 3. The van der Waals surface area contributed by atoms with Gasteiger partial charge in [-0.05, 0) is 92.8 Å². The highest BCUT2D eigenvalue weighted by Gasteiger charge is 2.29. The minimum atomic E-state index is -3.92. The molecule has 7 aromatic rings. The van der Waals surface area contributed by atoms with E-state index < -0.39 is 10.0 Å². The summed E-state index contributed by atoms with van der Waals surface area (Å²) in [4.78, 5) is 22.5. The van der Waals surface area contributed by atoms with Crippen molar-refractivity contribution < 1.29 is 13.2 Å². The standard InChI is InChI=1S/C42H36N8O3S2/c1-23-6-19-35(39-36(23)33(20-43)22-44-39)49-55(52,53)34-17-7-28(8-18-34)21-45-41(51)32-15-11-30(12-16-32)29-9-13-31(14-10-29)38-37-24(2)26(4)54-42(37)50-27(5)47-48-40(50)25(3)46-38/h6-19,22,25,44,49H,21H2,1-5H3,(H,45,51)/t25-/m0/s1. The Balaban J connectivity index is 0.924. The van der Waals surface area contributed by atoms with E-state index in [0.717, 1.165) is 55.7 Å². The number of hydrogen-bond donors (Lipinski definition) is 3. The third kappa shape index (κ3) is 6.39. The highest BCUT2D eigenvalue weighted by Crippen LogP contribution is 2.39. The number of rotatable bonds is 8. The fourth-order valence-corrected chi connectivity index (χ4v) is 9.27. The summed E-state index contributed by atoms with van der Waals surface area (Å²) in [6, 6.07) is 27.6. The summed E-state index contributed by atoms with van der Waals surface area (Å²) >= 11 is 1.74. The molecule has 11 nitrogen and oxygen atoms in total. The fraction of sp³-hybridized carbons (Fsp3) is 0.167. The van der Waals surface area contributed by atoms with Gasteiger partial charge in [0.1, 0.15) is 22.9 Å². The number of nitrogens with zero attached hydrogens (tertiary/aromatic N) is 5. The Morgan fingerprint density at radius 3 is 2.27 bits per heavy atom. The van der Waals surface area contributed by atoms with Crippen LogP contribution < -0.4 is 10.0 Å². The van der Waals surface area contributed by atoms with E-state index >= 15 is 0 Å². The molecule has 274 valence electrons. The Hall–Kier alpha value is -6.36. The molecular formula is C42H36N8O3S2. The average molecular weight is 765 g/mol. The van der Waals surface area contributed by atoms with Crippen LogP contribution in [0.2, 0.25) is 0 Å². The van der Waals surface area contributed by atoms with E-state index in [9.17, 15) is 18.5 Å². The van der Waals surface area contributed by atoms with Crippen LogP contribution >= 0.6 is 11.3 Å². The average Bonchev–Trinajstić information content (AvgIpc) is 3.87. The normalized spacial score (nSPS) is 13.7. The van der Waals surface area contributed by atoms with Crippen LogP contribution in [0.3, 0.4) is 0 Å². The van der Waals surface area contributed by atoms with Gasteiger partial charge in [-0.3, -0.25) is 19.1 Å². The van der Waals surface area contributed by atoms with Crippen LogP contribution in [0.15, 0.2) is 101 Å². The van der Waals surface area contributed by atoms with Gasteiger partial charge in [-0.2, -0.15) is 5.26 Å². The van der Waals surface area contributed by atoms with E-state index in [4.69, 9.17) is 4.99 Å². The highest BCUT2D eigenvalue weighted by atomic mass is 32.2. The van der Waals surface area contributed by atoms with Gasteiger partial charge in [-0.15, -0.1) is 21.5 Å². The van der Waals surface area contributed by atoms with Gasteiger partial charge in [-0.1, -0.05) is 54.6 Å². The second-order valence-electron chi connectivity index (χ2n) is 13.6. The first-order valence-corrected chi connectivity index (χ1v) is 20.0. The molecule has 0 aliphatic carbocycles. The molecular weight excluding hydrogens is 729 g/mol. The molecule has 0 spiro atoms. The fourth-order valence-electron chi connectivity index (χ4n) is 6.98. The second kappa shape index (κ2) is 13.8. The van der Waals surface area contributed by atoms with Gasteiger partial charge < -0.3 is 10.3 Å². The predicted molar refractivity (Wildman–Crippen MR) is 216 cm³/mol. The van der Waals surface area contributed by atoms with Crippen LogP contribution in [-0.2, 0) is 16.6 Å². The summed E-state index contributed by atoms with van der Waals surface area (Å²) in [5, 5.41) is 22.9. The molecule has 55 heavy (non-hydrogen) atoms. The molecule has 0 saturated carbocycles. The number of hydrogen-bond acceptors (Lipinski definition) is 8. The van der Waals surface area contributed by atoms with E-state index in [1.807, 2.05) is 32.9 Å². The van der Waals surface area contributed by atoms with Crippen molar-refractivity contribution in [3.63, 3.8) is 0 Å². The molecule has 4 aromatic carbocycles. The SMILES string of the molecule is Cc1sc2c(c1C)C(c1ccc(-c3ccc(C(=O)NCc4ccc(S(=O)(=O)Nc5ccc(C)c6c(C#N)c[nH]c56)cc4)cc3)cc1)=N[C@@H](C)c1nnc(C)n1-2. The lowest BCUT2D eigenvalue weighted by atomic mass is 9.96. The zero-order valence-corrected chi connectivity index (χ0v) is 32.4. The number of H-pyrrole nitrogens is 1. The summed E-state index contributed by atoms with van der Waals surface area (Å²) < 4.78 is 31.2. The minimum absolute atomic E-state index is 0.0746. The largest absolute Gasteiger partial charge is 0.358 e. The molecule has 0 saturated heterocycles. The predicted octanol–water partition coefficient (Wildman–Crippen LogP) is 8.23. The maximum absolute atomic E-state index is 13.2. The van der Waals surface area contributed by atoms with Gasteiger partial charge in [0.05, 0.1) is 27.4 Å². The number of thiophene rings is 1. The topological polar surface area (TPSA) is 158 Å². The van der Waals surface area contributed by atoms with Gasteiger partial charge in [-0.25, -0.2) is 8.42 Å². The molecule has 8 rings (SSSR count). The molecule has 0 radical (unpaired) electrons. The number of aromatic amines is 1. The van der Waals surface area contributed by atoms with E-state index in [1.54, 1.807) is 53.9 Å². The minimum Gasteiger partial charge on any atom is -0.358 e. The number of carbonyl (C=O) groups is 1. The zero-order chi connectivity index (χ0) is 38.6. The summed E-state index contributed by atoms with van der Waals surface area (Å²) in [6.07, 6.45) is 1.57. The van der Waals surface area contributed by atoms with Crippen molar-refractivity contribution >= 4 is 49.6 Å². The van der Waals surface area contributed by atoms with Gasteiger partial charge >= 0.3 is 0 Å². The Kier molecular flexibility index (Phi) is 8.95. The Labute approximate surface area is 322 Å². The van der Waals surface area contributed by atoms with Crippen molar-refractivity contribution in [2.24, 2.45) is 4.99 Å². The van der Waals surface area contributed by atoms with Crippen LogP contribution in [0.1, 0.15) is 73.2 Å². The number of anilines is 1. The molecule has 0 fully saturated rings. The zero-order valence-electron chi connectivity index (χ0n) is 30.7. The van der Waals surface area contributed by atoms with Crippen molar-refractivity contribution in [2.75, 3.05) is 4.72 Å². The van der Waals surface area contributed by atoms with Crippen LogP contribution in [0.4, 0.5) is 5.69 Å². The van der Waals surface area contributed by atoms with Crippen molar-refractivity contribution in [3.05, 3.63) is 147 Å². The molecule has 1 aliphatic heterocycles. The van der Waals surface area contributed by atoms with E-state index in [0.29, 0.717) is 27.7 Å². The number of amides is 1. The first kappa shape index (κ1) is 35.7. The number of carbonyl (C=O) groups excluding carboxylic acids is 1. The molecule has 4 heterocycles. The number of aryl methyl sites for hydroxylation is 3. The smallest absolute Gasteiger partial charge is 0.261 e. The maximum Gasteiger partial charge on any atom is 0.261 e. The van der Waals surface area contributed by atoms with Crippen LogP contribution in [0.5, 0.6) is 0 Å². The molecule has 3 N–H and O–H groups in total. The summed E-state index contributed by atoms with van der Waals surface area (Å²) in [5.41, 5.74) is 9.74. The number of aromatic nitrogens is 4. The number of sulfonamides is 1. The molecule has 1 atom stereocenters. The third-order valence-corrected chi connectivity index (χ3v) is 12.7. The van der Waals surface area contributed by atoms with Crippen molar-refractivity contribution in [1.29, 1.82) is 5.26 Å². The number of benzene rings is 4. The van der Waals surface area contributed by atoms with E-state index in [-0.39, 0.29) is 23.4 Å². The third-order valence-electron chi connectivity index (χ3n) is 10.1. The van der Waals surface area contributed by atoms with Crippen molar-refractivity contribution in [1.82, 2.24) is 25.1 Å². The molecule has 3 aromatic heterocycles. The maximum atomic E-state index is 13.2. The highest BCUT2D eigenvalue weighted by molar-refractivity contribution is 7.92. The number of fused-ring (bicyclic) bond motifs is 4. The van der Waals surface area contributed by atoms with Crippen LogP contribution in [0.25, 0.3) is 27.0 Å². The first-order valence-electron chi connectivity index (χ1n) is 17.7. The van der Waals surface area contributed by atoms with E-state index in [2.05, 4.69) is 74.0 Å². The van der Waals surface area contributed by atoms with E-state index in [1.165, 1.54) is 22.6 Å². The second-order valence-corrected chi connectivity index (χ2v) is 16.5. The lowest BCUT2D eigenvalue weighted by Crippen LogP contribution is -2.22. The lowest BCUT2D eigenvalue weighted by Gasteiger charge is -2.12. The number of aliphatic imine (C=N–C) groups is 1. The Morgan fingerprint density at radius 2 is 1.58 bits per heavy atom. The molecule has 13 heteroatoms. The van der Waals surface area contributed by atoms with Crippen LogP contribution in [-0.4, -0.2) is 39.8 Å². The molecule has 1 aliphatic rings. The van der Waals surface area contributed by atoms with Gasteiger partial charge in [0.2, 0.25) is 0 Å². The quantitative estimate of drug-likeness (QED) is 0.142. The molecule has 0 unspecified atom stereocenters. The van der Waals surface area contributed by atoms with Gasteiger partial charge in [0.25, 0.3) is 15.9 Å². The summed E-state index contributed by atoms with van der Waals surface area (Å²) in [7, 11) is -3.92. The summed E-state index contributed by atoms with van der Waals surface area (Å²) in [5.74, 6) is 1.44. The number of nitriles is 1. The molecule has 1 amide bonds. The van der Waals surface area contributed by atoms with Crippen molar-refractivity contribution in [3.8, 4) is 22.2 Å². The monoisotopic (exact) mass is 764 g/mol. The van der Waals surface area contributed by atoms with Gasteiger partial charge in [0.15, 0.2) is 5.82 Å². The molecule has 0 bridgehead atoms. The summed E-state index contributed by atoms with van der Waals surface area (Å²) in [6.45, 7) is 10.4. The Bertz CT molecular complexity index is 2820.